The smallest absolute Gasteiger partial charge is 0.140 e. The maximum Gasteiger partial charge on any atom is 0.140 e. The molecule has 0 aliphatic carbocycles. The summed E-state index contributed by atoms with van der Waals surface area (Å²) in [5.41, 5.74) is 5.30. The van der Waals surface area contributed by atoms with Crippen LogP contribution in [0, 0.1) is 0 Å². The van der Waals surface area contributed by atoms with Gasteiger partial charge in [-0.3, -0.25) is 4.90 Å². The minimum Gasteiger partial charge on any atom is -0.409 e. The molecule has 1 fully saturated rings. The van der Waals surface area contributed by atoms with Crippen molar-refractivity contribution < 1.29 is 9.94 Å². The number of nitrogens with zero attached hydrogens (tertiary/aromatic N) is 2. The highest BCUT2D eigenvalue weighted by atomic mass is 16.5. The predicted molar refractivity (Wildman–Crippen MR) is 77.5 cm³/mol. The van der Waals surface area contributed by atoms with Crippen LogP contribution < -0.4 is 5.73 Å². The Labute approximate surface area is 116 Å². The second-order valence-corrected chi connectivity index (χ2v) is 6.86. The largest absolute Gasteiger partial charge is 0.409 e. The summed E-state index contributed by atoms with van der Waals surface area (Å²) in [6.45, 7) is 13.7. The van der Waals surface area contributed by atoms with Crippen molar-refractivity contribution in [1.82, 2.24) is 4.90 Å². The van der Waals surface area contributed by atoms with Gasteiger partial charge in [0.05, 0.1) is 11.2 Å². The molecule has 1 unspecified atom stereocenters. The summed E-state index contributed by atoms with van der Waals surface area (Å²) in [7, 11) is 0. The number of nitrogens with two attached hydrogens (primary N) is 1. The van der Waals surface area contributed by atoms with Crippen molar-refractivity contribution >= 4 is 5.84 Å². The molecule has 19 heavy (non-hydrogen) atoms. The summed E-state index contributed by atoms with van der Waals surface area (Å²) in [6, 6.07) is 0.738. The van der Waals surface area contributed by atoms with E-state index >= 15 is 0 Å². The average Bonchev–Trinajstić information content (AvgIpc) is 2.46. The van der Waals surface area contributed by atoms with Crippen LogP contribution in [0.25, 0.3) is 0 Å². The first-order chi connectivity index (χ1) is 8.59. The lowest BCUT2D eigenvalue weighted by molar-refractivity contribution is -0.0829. The first-order valence-electron chi connectivity index (χ1n) is 7.01. The molecule has 0 radical (unpaired) electrons. The molecule has 0 bridgehead atoms. The maximum absolute atomic E-state index is 8.66. The molecule has 1 rings (SSSR count). The Kier molecular flexibility index (Phi) is 4.85. The van der Waals surface area contributed by atoms with Gasteiger partial charge in [-0.25, -0.2) is 0 Å². The molecule has 1 atom stereocenters. The fourth-order valence-electron chi connectivity index (χ4n) is 3.12. The Bertz CT molecular complexity index is 338. The third kappa shape index (κ3) is 4.08. The molecule has 112 valence electrons. The van der Waals surface area contributed by atoms with Crippen molar-refractivity contribution in [2.45, 2.75) is 77.7 Å². The Balaban J connectivity index is 2.82. The quantitative estimate of drug-likeness (QED) is 0.348. The van der Waals surface area contributed by atoms with Gasteiger partial charge in [0.25, 0.3) is 0 Å². The molecule has 5 heteroatoms. The fourth-order valence-corrected chi connectivity index (χ4v) is 3.12. The number of ether oxygens (including phenoxy) is 1. The summed E-state index contributed by atoms with van der Waals surface area (Å²) in [5.74, 6) is 0.279. The summed E-state index contributed by atoms with van der Waals surface area (Å²) < 4.78 is 6.16. The molecule has 1 aliphatic heterocycles. The van der Waals surface area contributed by atoms with Crippen molar-refractivity contribution in [3.05, 3.63) is 0 Å². The first kappa shape index (κ1) is 16.2. The molecule has 5 nitrogen and oxygen atoms in total. The van der Waals surface area contributed by atoms with Crippen molar-refractivity contribution in [2.75, 3.05) is 6.54 Å². The molecular weight excluding hydrogens is 242 g/mol. The number of rotatable bonds is 5. The van der Waals surface area contributed by atoms with E-state index in [1.54, 1.807) is 0 Å². The molecule has 0 aromatic rings. The van der Waals surface area contributed by atoms with Gasteiger partial charge < -0.3 is 15.7 Å². The first-order valence-corrected chi connectivity index (χ1v) is 7.01. The predicted octanol–water partition coefficient (Wildman–Crippen LogP) is 2.18. The standard InChI is InChI=1S/C14H29N3O2/c1-10(2)17(8-7-12(15)16-18)11-9-13(3,4)19-14(11,5)6/h10-11,18H,7-9H2,1-6H3,(H2,15,16). The molecular formula is C14H29N3O2. The van der Waals surface area contributed by atoms with Crippen molar-refractivity contribution in [1.29, 1.82) is 0 Å². The van der Waals surface area contributed by atoms with E-state index < -0.39 is 0 Å². The van der Waals surface area contributed by atoms with E-state index in [2.05, 4.69) is 51.6 Å². The van der Waals surface area contributed by atoms with Crippen LogP contribution in [0.2, 0.25) is 0 Å². The van der Waals surface area contributed by atoms with Crippen LogP contribution in [-0.4, -0.2) is 45.8 Å². The monoisotopic (exact) mass is 271 g/mol. The van der Waals surface area contributed by atoms with Gasteiger partial charge in [-0.15, -0.1) is 0 Å². The Morgan fingerprint density at radius 2 is 2.00 bits per heavy atom. The van der Waals surface area contributed by atoms with Gasteiger partial charge in [0.15, 0.2) is 0 Å². The van der Waals surface area contributed by atoms with Gasteiger partial charge in [-0.1, -0.05) is 5.16 Å². The zero-order valence-electron chi connectivity index (χ0n) is 13.1. The minimum absolute atomic E-state index is 0.0993. The normalized spacial score (nSPS) is 26.3. The molecule has 0 amide bonds. The van der Waals surface area contributed by atoms with E-state index in [-0.39, 0.29) is 17.0 Å². The van der Waals surface area contributed by atoms with Gasteiger partial charge in [0, 0.05) is 25.0 Å². The summed E-state index contributed by atoms with van der Waals surface area (Å²) >= 11 is 0. The van der Waals surface area contributed by atoms with Crippen LogP contribution in [0.5, 0.6) is 0 Å². The molecule has 1 aliphatic rings. The van der Waals surface area contributed by atoms with Crippen molar-refractivity contribution in [3.8, 4) is 0 Å². The van der Waals surface area contributed by atoms with Crippen molar-refractivity contribution in [2.24, 2.45) is 10.9 Å². The Morgan fingerprint density at radius 3 is 2.37 bits per heavy atom. The third-order valence-corrected chi connectivity index (χ3v) is 3.84. The van der Waals surface area contributed by atoms with Crippen LogP contribution >= 0.6 is 0 Å². The molecule has 3 N–H and O–H groups in total. The number of hydrogen-bond donors (Lipinski definition) is 2. The second-order valence-electron chi connectivity index (χ2n) is 6.86. The molecule has 0 spiro atoms. The SMILES string of the molecule is CC(C)N(CCC(N)=NO)C1CC(C)(C)OC1(C)C. The van der Waals surface area contributed by atoms with Gasteiger partial charge in [-0.05, 0) is 48.0 Å². The minimum atomic E-state index is -0.182. The second kappa shape index (κ2) is 5.67. The van der Waals surface area contributed by atoms with Crippen LogP contribution in [0.4, 0.5) is 0 Å². The molecule has 0 aromatic carbocycles. The van der Waals surface area contributed by atoms with E-state index in [0.29, 0.717) is 18.5 Å². The summed E-state index contributed by atoms with van der Waals surface area (Å²) in [4.78, 5) is 2.40. The Hall–Kier alpha value is -0.810. The van der Waals surface area contributed by atoms with Crippen LogP contribution in [0.15, 0.2) is 5.16 Å². The number of amidine groups is 1. The molecule has 1 heterocycles. The number of oxime groups is 1. The zero-order valence-corrected chi connectivity index (χ0v) is 13.1. The topological polar surface area (TPSA) is 71.1 Å². The van der Waals surface area contributed by atoms with Crippen LogP contribution in [-0.2, 0) is 4.74 Å². The van der Waals surface area contributed by atoms with Crippen molar-refractivity contribution in [3.63, 3.8) is 0 Å². The highest BCUT2D eigenvalue weighted by molar-refractivity contribution is 5.79. The Morgan fingerprint density at radius 1 is 1.42 bits per heavy atom. The summed E-state index contributed by atoms with van der Waals surface area (Å²) in [6.07, 6.45) is 1.57. The maximum atomic E-state index is 8.66. The highest BCUT2D eigenvalue weighted by Gasteiger charge is 2.48. The van der Waals surface area contributed by atoms with E-state index in [4.69, 9.17) is 15.7 Å². The third-order valence-electron chi connectivity index (χ3n) is 3.84. The average molecular weight is 271 g/mol. The van der Waals surface area contributed by atoms with Crippen LogP contribution in [0.3, 0.4) is 0 Å². The van der Waals surface area contributed by atoms with E-state index in [1.807, 2.05) is 0 Å². The van der Waals surface area contributed by atoms with Gasteiger partial charge in [-0.2, -0.15) is 0 Å². The lowest BCUT2D eigenvalue weighted by Gasteiger charge is -2.38. The highest BCUT2D eigenvalue weighted by Crippen LogP contribution is 2.40. The molecule has 0 saturated carbocycles. The summed E-state index contributed by atoms with van der Waals surface area (Å²) in [5, 5.41) is 11.7. The molecule has 0 aromatic heterocycles. The van der Waals surface area contributed by atoms with E-state index in [9.17, 15) is 0 Å². The van der Waals surface area contributed by atoms with Gasteiger partial charge in [0.1, 0.15) is 5.84 Å². The zero-order chi connectivity index (χ0) is 14.8. The van der Waals surface area contributed by atoms with E-state index in [1.165, 1.54) is 0 Å². The van der Waals surface area contributed by atoms with Gasteiger partial charge in [0.2, 0.25) is 0 Å². The van der Waals surface area contributed by atoms with Crippen LogP contribution in [0.1, 0.15) is 54.4 Å². The lowest BCUT2D eigenvalue weighted by atomic mass is 9.92. The number of hydrogen-bond acceptors (Lipinski definition) is 4. The lowest BCUT2D eigenvalue weighted by Crippen LogP contribution is -2.50. The molecule has 1 saturated heterocycles. The van der Waals surface area contributed by atoms with Gasteiger partial charge >= 0.3 is 0 Å². The fraction of sp³-hybridized carbons (Fsp3) is 0.929. The van der Waals surface area contributed by atoms with E-state index in [0.717, 1.165) is 13.0 Å².